The first kappa shape index (κ1) is 23.8. The maximum absolute atomic E-state index is 13.1. The summed E-state index contributed by atoms with van der Waals surface area (Å²) in [6.45, 7) is 2.52. The number of methoxy groups -OCH3 is 1. The van der Waals surface area contributed by atoms with Crippen LogP contribution in [0.25, 0.3) is 21.0 Å². The molecule has 0 aliphatic carbocycles. The molecule has 184 valence electrons. The summed E-state index contributed by atoms with van der Waals surface area (Å²) in [5.74, 6) is 0.698. The van der Waals surface area contributed by atoms with Gasteiger partial charge in [-0.1, -0.05) is 12.1 Å². The van der Waals surface area contributed by atoms with E-state index in [0.29, 0.717) is 27.3 Å². The van der Waals surface area contributed by atoms with Crippen molar-refractivity contribution < 1.29 is 24.2 Å². The van der Waals surface area contributed by atoms with Crippen molar-refractivity contribution in [3.05, 3.63) is 59.1 Å². The van der Waals surface area contributed by atoms with E-state index < -0.39 is 6.16 Å². The monoisotopic (exact) mass is 522 g/mol. The van der Waals surface area contributed by atoms with E-state index in [1.54, 1.807) is 30.3 Å². The molecule has 0 fully saturated rings. The lowest BCUT2D eigenvalue weighted by Gasteiger charge is -2.29. The van der Waals surface area contributed by atoms with Gasteiger partial charge >= 0.3 is 12.2 Å². The number of urea groups is 1. The molecule has 1 aliphatic rings. The molecule has 5 rings (SSSR count). The molecule has 0 atom stereocenters. The number of ether oxygens (including phenoxy) is 2. The van der Waals surface area contributed by atoms with Gasteiger partial charge in [0, 0.05) is 28.9 Å². The Morgan fingerprint density at radius 1 is 1.11 bits per heavy atom. The van der Waals surface area contributed by atoms with E-state index >= 15 is 0 Å². The molecule has 0 bridgehead atoms. The number of anilines is 2. The number of nitrogens with zero attached hydrogens (tertiary/aromatic N) is 3. The molecule has 0 saturated heterocycles. The number of aryl methyl sites for hydroxylation is 2. The summed E-state index contributed by atoms with van der Waals surface area (Å²) >= 11 is 2.74. The van der Waals surface area contributed by atoms with E-state index in [9.17, 15) is 14.7 Å². The van der Waals surface area contributed by atoms with E-state index in [2.05, 4.69) is 15.3 Å². The normalized spacial score (nSPS) is 12.7. The third-order valence-corrected chi connectivity index (χ3v) is 7.63. The summed E-state index contributed by atoms with van der Waals surface area (Å²) in [5.41, 5.74) is 3.38. The summed E-state index contributed by atoms with van der Waals surface area (Å²) in [6, 6.07) is 12.8. The number of hydrogen-bond donors (Lipinski definition) is 2. The molecule has 2 aromatic heterocycles. The zero-order chi connectivity index (χ0) is 25.2. The molecule has 2 N–H and O–H groups in total. The highest BCUT2D eigenvalue weighted by Gasteiger charge is 2.25. The summed E-state index contributed by atoms with van der Waals surface area (Å²) in [4.78, 5) is 36.4. The van der Waals surface area contributed by atoms with Gasteiger partial charge in [0.2, 0.25) is 5.88 Å². The molecule has 9 nitrogen and oxygen atoms in total. The van der Waals surface area contributed by atoms with Crippen molar-refractivity contribution in [1.29, 1.82) is 0 Å². The Kier molecular flexibility index (Phi) is 6.57. The first-order valence-electron chi connectivity index (χ1n) is 11.1. The summed E-state index contributed by atoms with van der Waals surface area (Å²) in [6.07, 6.45) is 2.00. The molecule has 11 heteroatoms. The number of rotatable bonds is 5. The van der Waals surface area contributed by atoms with Crippen LogP contribution < -0.4 is 19.7 Å². The lowest BCUT2D eigenvalue weighted by atomic mass is 10.00. The number of hydrogen-bond acceptors (Lipinski definition) is 8. The number of fused-ring (bicyclic) bond motifs is 1. The number of amides is 2. The van der Waals surface area contributed by atoms with Crippen LogP contribution in [0.4, 0.5) is 20.4 Å². The minimum absolute atomic E-state index is 0.0131. The van der Waals surface area contributed by atoms with Gasteiger partial charge in [-0.25, -0.2) is 19.6 Å². The maximum atomic E-state index is 13.1. The fourth-order valence-electron chi connectivity index (χ4n) is 4.00. The quantitative estimate of drug-likeness (QED) is 0.296. The molecular weight excluding hydrogens is 500 g/mol. The molecule has 0 saturated carbocycles. The second kappa shape index (κ2) is 9.96. The predicted octanol–water partition coefficient (Wildman–Crippen LogP) is 6.29. The smallest absolute Gasteiger partial charge is 0.497 e. The SMILES string of the molecule is COc1ccc(-c2sc(-c3ccc4c(c3)N(C(=O)Nc3ncc(C)s3)CCC4)nc2OC(=O)O)cc1. The van der Waals surface area contributed by atoms with Crippen LogP contribution in [0.2, 0.25) is 0 Å². The molecular formula is C25H22N4O5S2. The maximum Gasteiger partial charge on any atom is 0.512 e. The van der Waals surface area contributed by atoms with Gasteiger partial charge in [-0.05, 0) is 61.2 Å². The summed E-state index contributed by atoms with van der Waals surface area (Å²) < 4.78 is 10.2. The van der Waals surface area contributed by atoms with Crippen molar-refractivity contribution in [3.63, 3.8) is 0 Å². The Hall–Kier alpha value is -3.96. The van der Waals surface area contributed by atoms with Crippen molar-refractivity contribution in [2.24, 2.45) is 0 Å². The van der Waals surface area contributed by atoms with Crippen molar-refractivity contribution in [1.82, 2.24) is 9.97 Å². The van der Waals surface area contributed by atoms with Crippen LogP contribution in [0.3, 0.4) is 0 Å². The predicted molar refractivity (Wildman–Crippen MR) is 140 cm³/mol. The highest BCUT2D eigenvalue weighted by Crippen LogP contribution is 2.42. The van der Waals surface area contributed by atoms with Gasteiger partial charge in [-0.15, -0.1) is 22.7 Å². The summed E-state index contributed by atoms with van der Waals surface area (Å²) in [5, 5.41) is 13.3. The molecule has 2 aromatic carbocycles. The third-order valence-electron chi connectivity index (χ3n) is 5.66. The van der Waals surface area contributed by atoms with Crippen molar-refractivity contribution in [2.45, 2.75) is 19.8 Å². The highest BCUT2D eigenvalue weighted by atomic mass is 32.1. The van der Waals surface area contributed by atoms with Crippen molar-refractivity contribution in [2.75, 3.05) is 23.9 Å². The number of nitrogens with one attached hydrogen (secondary N) is 1. The van der Waals surface area contributed by atoms with Gasteiger partial charge in [0.25, 0.3) is 0 Å². The topological polar surface area (TPSA) is 114 Å². The van der Waals surface area contributed by atoms with Gasteiger partial charge < -0.3 is 14.6 Å². The van der Waals surface area contributed by atoms with Gasteiger partial charge in [0.1, 0.15) is 10.8 Å². The minimum Gasteiger partial charge on any atom is -0.497 e. The fourth-order valence-corrected chi connectivity index (χ4v) is 5.65. The number of thiazole rings is 2. The fraction of sp³-hybridized carbons (Fsp3) is 0.200. The van der Waals surface area contributed by atoms with Crippen molar-refractivity contribution in [3.8, 4) is 32.6 Å². The van der Waals surface area contributed by atoms with Gasteiger partial charge in [-0.2, -0.15) is 0 Å². The zero-order valence-corrected chi connectivity index (χ0v) is 21.1. The average Bonchev–Trinajstić information content (AvgIpc) is 3.48. The molecule has 0 spiro atoms. The summed E-state index contributed by atoms with van der Waals surface area (Å²) in [7, 11) is 1.58. The second-order valence-electron chi connectivity index (χ2n) is 8.05. The first-order valence-corrected chi connectivity index (χ1v) is 12.7. The lowest BCUT2D eigenvalue weighted by Crippen LogP contribution is -2.38. The third kappa shape index (κ3) is 4.88. The molecule has 3 heterocycles. The largest absolute Gasteiger partial charge is 0.512 e. The number of carbonyl (C=O) groups is 2. The standard InChI is InChI=1S/C25H22N4O5S2/c1-14-13-26-23(35-14)28-24(30)29-11-3-4-15-5-6-17(12-19(15)29)22-27-21(34-25(31)32)20(36-22)16-7-9-18(33-2)10-8-16/h5-10,12-13H,3-4,11H2,1-2H3,(H,31,32)(H,26,28,30). The van der Waals surface area contributed by atoms with E-state index in [1.807, 2.05) is 37.3 Å². The van der Waals surface area contributed by atoms with Crippen LogP contribution in [-0.4, -0.2) is 40.9 Å². The van der Waals surface area contributed by atoms with Crippen LogP contribution in [0.15, 0.2) is 48.7 Å². The first-order chi connectivity index (χ1) is 17.4. The molecule has 2 amide bonds. The molecule has 0 unspecified atom stereocenters. The lowest BCUT2D eigenvalue weighted by molar-refractivity contribution is 0.143. The second-order valence-corrected chi connectivity index (χ2v) is 10.3. The van der Waals surface area contributed by atoms with Crippen LogP contribution in [0.5, 0.6) is 11.6 Å². The Morgan fingerprint density at radius 2 is 1.89 bits per heavy atom. The molecule has 4 aromatic rings. The average molecular weight is 523 g/mol. The van der Waals surface area contributed by atoms with E-state index in [-0.39, 0.29) is 11.9 Å². The minimum atomic E-state index is -1.44. The van der Waals surface area contributed by atoms with Gasteiger partial charge in [0.05, 0.1) is 12.0 Å². The van der Waals surface area contributed by atoms with Crippen molar-refractivity contribution >= 4 is 45.7 Å². The van der Waals surface area contributed by atoms with E-state index in [1.165, 1.54) is 22.7 Å². The Bertz CT molecular complexity index is 1430. The van der Waals surface area contributed by atoms with Gasteiger partial charge in [-0.3, -0.25) is 10.2 Å². The highest BCUT2D eigenvalue weighted by molar-refractivity contribution is 7.18. The molecule has 36 heavy (non-hydrogen) atoms. The molecule has 0 radical (unpaired) electrons. The number of aromatic nitrogens is 2. The van der Waals surface area contributed by atoms with Gasteiger partial charge in [0.15, 0.2) is 5.13 Å². The Labute approximate surface area is 215 Å². The number of carbonyl (C=O) groups excluding carboxylic acids is 1. The van der Waals surface area contributed by atoms with Crippen LogP contribution in [0, 0.1) is 6.92 Å². The van der Waals surface area contributed by atoms with E-state index in [4.69, 9.17) is 9.47 Å². The Balaban J connectivity index is 1.49. The van der Waals surface area contributed by atoms with Crippen LogP contribution >= 0.6 is 22.7 Å². The van der Waals surface area contributed by atoms with Crippen LogP contribution in [0.1, 0.15) is 16.9 Å². The number of benzene rings is 2. The zero-order valence-electron chi connectivity index (χ0n) is 19.5. The number of carboxylic acid groups (broad SMARTS) is 1. The van der Waals surface area contributed by atoms with E-state index in [0.717, 1.165) is 40.1 Å². The van der Waals surface area contributed by atoms with Crippen LogP contribution in [-0.2, 0) is 6.42 Å². The Morgan fingerprint density at radius 3 is 2.58 bits per heavy atom. The molecule has 1 aliphatic heterocycles.